The normalized spacial score (nSPS) is 18.1. The van der Waals surface area contributed by atoms with Crippen LogP contribution in [-0.4, -0.2) is 67.0 Å². The Morgan fingerprint density at radius 2 is 2.00 bits per heavy atom. The van der Waals surface area contributed by atoms with E-state index in [0.29, 0.717) is 6.61 Å². The predicted molar refractivity (Wildman–Crippen MR) is 63.3 cm³/mol. The number of ether oxygens (including phenoxy) is 1. The van der Waals surface area contributed by atoms with E-state index in [-0.39, 0.29) is 12.5 Å². The van der Waals surface area contributed by atoms with Crippen molar-refractivity contribution in [3.63, 3.8) is 0 Å². The first kappa shape index (κ1) is 12.9. The Kier molecular flexibility index (Phi) is 6.20. The van der Waals surface area contributed by atoms with Crippen molar-refractivity contribution < 1.29 is 9.53 Å². The SMILES string of the molecule is CCOCC(=O)N1CCN(CCBr)CC1. The van der Waals surface area contributed by atoms with Gasteiger partial charge in [-0.05, 0) is 6.92 Å². The topological polar surface area (TPSA) is 32.8 Å². The van der Waals surface area contributed by atoms with Crippen molar-refractivity contribution in [3.8, 4) is 0 Å². The first-order chi connectivity index (χ1) is 7.27. The Balaban J connectivity index is 2.21. The number of carbonyl (C=O) groups is 1. The number of piperazine rings is 1. The Morgan fingerprint density at radius 3 is 2.53 bits per heavy atom. The summed E-state index contributed by atoms with van der Waals surface area (Å²) < 4.78 is 5.11. The molecule has 15 heavy (non-hydrogen) atoms. The van der Waals surface area contributed by atoms with Crippen molar-refractivity contribution >= 4 is 21.8 Å². The second-order valence-electron chi connectivity index (χ2n) is 3.55. The third-order valence-electron chi connectivity index (χ3n) is 2.56. The molecular formula is C10H19BrN2O2. The molecule has 0 spiro atoms. The molecule has 0 unspecified atom stereocenters. The van der Waals surface area contributed by atoms with Crippen molar-refractivity contribution in [2.45, 2.75) is 6.92 Å². The fourth-order valence-electron chi connectivity index (χ4n) is 1.62. The van der Waals surface area contributed by atoms with E-state index < -0.39 is 0 Å². The molecule has 5 heteroatoms. The Labute approximate surface area is 99.7 Å². The van der Waals surface area contributed by atoms with E-state index in [4.69, 9.17) is 4.74 Å². The molecule has 0 saturated carbocycles. The van der Waals surface area contributed by atoms with Crippen LogP contribution in [0.4, 0.5) is 0 Å². The number of alkyl halides is 1. The molecule has 1 aliphatic heterocycles. The first-order valence-corrected chi connectivity index (χ1v) is 6.54. The maximum atomic E-state index is 11.6. The third-order valence-corrected chi connectivity index (χ3v) is 2.91. The van der Waals surface area contributed by atoms with Gasteiger partial charge in [-0.3, -0.25) is 9.69 Å². The maximum absolute atomic E-state index is 11.6. The first-order valence-electron chi connectivity index (χ1n) is 5.41. The fourth-order valence-corrected chi connectivity index (χ4v) is 2.12. The van der Waals surface area contributed by atoms with Gasteiger partial charge in [0.15, 0.2) is 0 Å². The zero-order chi connectivity index (χ0) is 11.1. The number of hydrogen-bond acceptors (Lipinski definition) is 3. The smallest absolute Gasteiger partial charge is 0.248 e. The Bertz CT molecular complexity index is 194. The molecule has 1 rings (SSSR count). The molecule has 0 atom stereocenters. The lowest BCUT2D eigenvalue weighted by Gasteiger charge is -2.34. The minimum atomic E-state index is 0.121. The molecule has 1 heterocycles. The summed E-state index contributed by atoms with van der Waals surface area (Å²) in [5, 5.41) is 1.000. The lowest BCUT2D eigenvalue weighted by Crippen LogP contribution is -2.50. The van der Waals surface area contributed by atoms with Crippen molar-refractivity contribution in [2.75, 3.05) is 51.3 Å². The minimum Gasteiger partial charge on any atom is -0.372 e. The van der Waals surface area contributed by atoms with Crippen LogP contribution in [0.2, 0.25) is 0 Å². The van der Waals surface area contributed by atoms with Gasteiger partial charge in [-0.2, -0.15) is 0 Å². The number of halogens is 1. The molecule has 0 aromatic heterocycles. The van der Waals surface area contributed by atoms with Gasteiger partial charge in [0.05, 0.1) is 0 Å². The predicted octanol–water partition coefficient (Wildman–Crippen LogP) is 0.562. The third kappa shape index (κ3) is 4.49. The van der Waals surface area contributed by atoms with E-state index in [0.717, 1.165) is 38.1 Å². The van der Waals surface area contributed by atoms with Crippen LogP contribution in [0.25, 0.3) is 0 Å². The molecule has 0 N–H and O–H groups in total. The van der Waals surface area contributed by atoms with Gasteiger partial charge in [-0.1, -0.05) is 15.9 Å². The highest BCUT2D eigenvalue weighted by atomic mass is 79.9. The lowest BCUT2D eigenvalue weighted by atomic mass is 10.3. The van der Waals surface area contributed by atoms with Crippen LogP contribution in [0.15, 0.2) is 0 Å². The van der Waals surface area contributed by atoms with E-state index in [9.17, 15) is 4.79 Å². The monoisotopic (exact) mass is 278 g/mol. The summed E-state index contributed by atoms with van der Waals surface area (Å²) in [5.74, 6) is 0.121. The summed E-state index contributed by atoms with van der Waals surface area (Å²) >= 11 is 3.42. The zero-order valence-electron chi connectivity index (χ0n) is 9.25. The standard InChI is InChI=1S/C10H19BrN2O2/c1-2-15-9-10(14)13-7-5-12(4-3-11)6-8-13/h2-9H2,1H3. The number of nitrogens with zero attached hydrogens (tertiary/aromatic N) is 2. The summed E-state index contributed by atoms with van der Waals surface area (Å²) in [7, 11) is 0. The molecule has 0 aliphatic carbocycles. The van der Waals surface area contributed by atoms with Crippen molar-refractivity contribution in [3.05, 3.63) is 0 Å². The zero-order valence-corrected chi connectivity index (χ0v) is 10.8. The molecule has 0 aromatic carbocycles. The average molecular weight is 279 g/mol. The second-order valence-corrected chi connectivity index (χ2v) is 4.34. The summed E-state index contributed by atoms with van der Waals surface area (Å²) in [4.78, 5) is 15.8. The van der Waals surface area contributed by atoms with Gasteiger partial charge in [0.2, 0.25) is 5.91 Å². The van der Waals surface area contributed by atoms with Gasteiger partial charge in [0.25, 0.3) is 0 Å². The summed E-state index contributed by atoms with van der Waals surface area (Å²) in [6.45, 7) is 7.42. The summed E-state index contributed by atoms with van der Waals surface area (Å²) in [6.07, 6.45) is 0. The van der Waals surface area contributed by atoms with E-state index in [2.05, 4.69) is 20.8 Å². The average Bonchev–Trinajstić information content (AvgIpc) is 2.27. The van der Waals surface area contributed by atoms with Gasteiger partial charge in [0, 0.05) is 44.7 Å². The molecule has 0 aromatic rings. The van der Waals surface area contributed by atoms with Crippen molar-refractivity contribution in [2.24, 2.45) is 0 Å². The Hall–Kier alpha value is -0.130. The van der Waals surface area contributed by atoms with Crippen LogP contribution in [0.3, 0.4) is 0 Å². The van der Waals surface area contributed by atoms with Crippen molar-refractivity contribution in [1.82, 2.24) is 9.80 Å². The van der Waals surface area contributed by atoms with Crippen LogP contribution in [-0.2, 0) is 9.53 Å². The fraction of sp³-hybridized carbons (Fsp3) is 0.900. The minimum absolute atomic E-state index is 0.121. The van der Waals surface area contributed by atoms with Crippen LogP contribution in [0.5, 0.6) is 0 Å². The van der Waals surface area contributed by atoms with Crippen LogP contribution >= 0.6 is 15.9 Å². The molecule has 1 fully saturated rings. The van der Waals surface area contributed by atoms with Crippen LogP contribution < -0.4 is 0 Å². The molecule has 1 amide bonds. The quantitative estimate of drug-likeness (QED) is 0.689. The molecular weight excluding hydrogens is 260 g/mol. The van der Waals surface area contributed by atoms with Gasteiger partial charge < -0.3 is 9.64 Å². The molecule has 88 valence electrons. The van der Waals surface area contributed by atoms with E-state index in [1.165, 1.54) is 0 Å². The summed E-state index contributed by atoms with van der Waals surface area (Å²) in [5.41, 5.74) is 0. The molecule has 0 radical (unpaired) electrons. The van der Waals surface area contributed by atoms with Crippen LogP contribution in [0.1, 0.15) is 6.92 Å². The number of hydrogen-bond donors (Lipinski definition) is 0. The number of rotatable bonds is 5. The van der Waals surface area contributed by atoms with Gasteiger partial charge >= 0.3 is 0 Å². The van der Waals surface area contributed by atoms with Crippen LogP contribution in [0, 0.1) is 0 Å². The highest BCUT2D eigenvalue weighted by Crippen LogP contribution is 2.02. The molecule has 1 saturated heterocycles. The van der Waals surface area contributed by atoms with Crippen molar-refractivity contribution in [1.29, 1.82) is 0 Å². The Morgan fingerprint density at radius 1 is 1.33 bits per heavy atom. The van der Waals surface area contributed by atoms with E-state index in [1.54, 1.807) is 0 Å². The second kappa shape index (κ2) is 7.19. The largest absolute Gasteiger partial charge is 0.372 e. The van der Waals surface area contributed by atoms with E-state index >= 15 is 0 Å². The lowest BCUT2D eigenvalue weighted by molar-refractivity contribution is -0.137. The molecule has 0 bridgehead atoms. The highest BCUT2D eigenvalue weighted by Gasteiger charge is 2.20. The molecule has 4 nitrogen and oxygen atoms in total. The maximum Gasteiger partial charge on any atom is 0.248 e. The number of amides is 1. The van der Waals surface area contributed by atoms with Gasteiger partial charge in [-0.15, -0.1) is 0 Å². The van der Waals surface area contributed by atoms with Gasteiger partial charge in [-0.25, -0.2) is 0 Å². The molecule has 1 aliphatic rings. The highest BCUT2D eigenvalue weighted by molar-refractivity contribution is 9.09. The summed E-state index contributed by atoms with van der Waals surface area (Å²) in [6, 6.07) is 0. The number of carbonyl (C=O) groups excluding carboxylic acids is 1. The van der Waals surface area contributed by atoms with Gasteiger partial charge in [0.1, 0.15) is 6.61 Å². The van der Waals surface area contributed by atoms with E-state index in [1.807, 2.05) is 11.8 Å².